The maximum absolute atomic E-state index is 12.7. The second-order valence-electron chi connectivity index (χ2n) is 14.8. The van der Waals surface area contributed by atoms with E-state index in [0.29, 0.717) is 46.2 Å². The van der Waals surface area contributed by atoms with Crippen molar-refractivity contribution in [3.8, 4) is 0 Å². The van der Waals surface area contributed by atoms with Crippen LogP contribution in [0.3, 0.4) is 0 Å². The van der Waals surface area contributed by atoms with Gasteiger partial charge in [-0.25, -0.2) is 4.79 Å². The summed E-state index contributed by atoms with van der Waals surface area (Å²) in [7, 11) is 0. The van der Waals surface area contributed by atoms with E-state index in [4.69, 9.17) is 14.2 Å². The molecule has 0 N–H and O–H groups in total. The van der Waals surface area contributed by atoms with Crippen LogP contribution in [-0.2, 0) is 14.2 Å². The standard InChI is InChI=1S/C34H48O4/c1-21-12-17-34(36-20-21)22(2)30-29(38-34)19-28-26-11-10-24-18-25(37-31(35)23-8-6-5-7-9-23)13-15-32(24,3)27(26)14-16-33(28,30)4/h5-9,21-22,24-30H,10-20H2,1-4H3/t21?,22-,24+,25-,26?,27?,28?,29-,30?,32-,33-,34?/m0/s1. The first-order chi connectivity index (χ1) is 18.2. The van der Waals surface area contributed by atoms with Crippen molar-refractivity contribution < 1.29 is 19.0 Å². The number of benzene rings is 1. The first-order valence-electron chi connectivity index (χ1n) is 15.8. The van der Waals surface area contributed by atoms with E-state index < -0.39 is 0 Å². The highest BCUT2D eigenvalue weighted by molar-refractivity contribution is 5.89. The molecule has 0 aromatic heterocycles. The predicted molar refractivity (Wildman–Crippen MR) is 147 cm³/mol. The molecule has 7 rings (SSSR count). The maximum atomic E-state index is 12.7. The second-order valence-corrected chi connectivity index (χ2v) is 14.8. The molecular weight excluding hydrogens is 472 g/mol. The molecule has 1 aromatic rings. The van der Waals surface area contributed by atoms with Crippen LogP contribution in [0.2, 0.25) is 0 Å². The van der Waals surface area contributed by atoms with Crippen molar-refractivity contribution in [2.45, 2.75) is 110 Å². The predicted octanol–water partition coefficient (Wildman–Crippen LogP) is 7.66. The number of fused-ring (bicyclic) bond motifs is 7. The first kappa shape index (κ1) is 25.6. The molecule has 4 saturated carbocycles. The van der Waals surface area contributed by atoms with Gasteiger partial charge in [0.1, 0.15) is 6.10 Å². The molecule has 4 nitrogen and oxygen atoms in total. The van der Waals surface area contributed by atoms with Gasteiger partial charge in [-0.15, -0.1) is 0 Å². The lowest BCUT2D eigenvalue weighted by molar-refractivity contribution is -0.273. The van der Waals surface area contributed by atoms with Gasteiger partial charge in [-0.05, 0) is 116 Å². The van der Waals surface area contributed by atoms with Gasteiger partial charge >= 0.3 is 5.97 Å². The molecule has 2 heterocycles. The maximum Gasteiger partial charge on any atom is 0.338 e. The Morgan fingerprint density at radius 3 is 2.45 bits per heavy atom. The van der Waals surface area contributed by atoms with E-state index in [9.17, 15) is 4.79 Å². The Labute approximate surface area is 229 Å². The fourth-order valence-corrected chi connectivity index (χ4v) is 11.1. The molecule has 6 aliphatic rings. The molecule has 2 saturated heterocycles. The fraction of sp³-hybridized carbons (Fsp3) is 0.794. The largest absolute Gasteiger partial charge is 0.459 e. The lowest BCUT2D eigenvalue weighted by Gasteiger charge is -2.61. The highest BCUT2D eigenvalue weighted by Crippen LogP contribution is 2.71. The SMILES string of the molecule is CC1CCC2(OC1)O[C@H]1CC3C4CC[C@@H]5C[C@@H](OC(=O)c6ccccc6)CC[C@]5(C)C4CC[C@]3(C)C1[C@@H]2C. The summed E-state index contributed by atoms with van der Waals surface area (Å²) >= 11 is 0. The van der Waals surface area contributed by atoms with E-state index in [2.05, 4.69) is 27.7 Å². The summed E-state index contributed by atoms with van der Waals surface area (Å²) in [6.07, 6.45) is 12.6. The van der Waals surface area contributed by atoms with Gasteiger partial charge in [0.05, 0.1) is 18.3 Å². The van der Waals surface area contributed by atoms with Gasteiger partial charge in [-0.3, -0.25) is 0 Å². The molecule has 0 radical (unpaired) electrons. The molecule has 2 aliphatic heterocycles. The molecular formula is C34H48O4. The van der Waals surface area contributed by atoms with Crippen LogP contribution in [-0.4, -0.2) is 30.6 Å². The molecule has 38 heavy (non-hydrogen) atoms. The molecule has 6 unspecified atom stereocenters. The Balaban J connectivity index is 1.05. The fourth-order valence-electron chi connectivity index (χ4n) is 11.1. The van der Waals surface area contributed by atoms with E-state index in [0.717, 1.165) is 43.6 Å². The number of hydrogen-bond acceptors (Lipinski definition) is 4. The Bertz CT molecular complexity index is 1050. The van der Waals surface area contributed by atoms with E-state index in [1.807, 2.05) is 30.3 Å². The van der Waals surface area contributed by atoms with Crippen molar-refractivity contribution in [1.82, 2.24) is 0 Å². The van der Waals surface area contributed by atoms with E-state index in [1.54, 1.807) is 0 Å². The van der Waals surface area contributed by atoms with Crippen molar-refractivity contribution in [2.75, 3.05) is 6.61 Å². The second kappa shape index (κ2) is 9.06. The van der Waals surface area contributed by atoms with Crippen molar-refractivity contribution in [1.29, 1.82) is 0 Å². The van der Waals surface area contributed by atoms with Crippen LogP contribution in [0.4, 0.5) is 0 Å². The number of rotatable bonds is 2. The van der Waals surface area contributed by atoms with Gasteiger partial charge in [-0.1, -0.05) is 45.9 Å². The minimum Gasteiger partial charge on any atom is -0.459 e. The summed E-state index contributed by atoms with van der Waals surface area (Å²) < 4.78 is 19.5. The zero-order valence-electron chi connectivity index (χ0n) is 24.0. The third-order valence-corrected chi connectivity index (χ3v) is 13.2. The van der Waals surface area contributed by atoms with Gasteiger partial charge in [0, 0.05) is 12.3 Å². The van der Waals surface area contributed by atoms with Crippen molar-refractivity contribution >= 4 is 5.97 Å². The van der Waals surface area contributed by atoms with Crippen molar-refractivity contribution in [3.63, 3.8) is 0 Å². The molecule has 1 aromatic carbocycles. The van der Waals surface area contributed by atoms with Crippen molar-refractivity contribution in [2.24, 2.45) is 52.3 Å². The Morgan fingerprint density at radius 1 is 0.895 bits per heavy atom. The van der Waals surface area contributed by atoms with Crippen LogP contribution in [0.5, 0.6) is 0 Å². The average molecular weight is 521 g/mol. The normalized spacial score (nSPS) is 51.5. The molecule has 6 fully saturated rings. The van der Waals surface area contributed by atoms with Crippen LogP contribution in [0.25, 0.3) is 0 Å². The molecule has 12 atom stereocenters. The monoisotopic (exact) mass is 520 g/mol. The van der Waals surface area contributed by atoms with Gasteiger partial charge in [0.2, 0.25) is 0 Å². The number of esters is 1. The topological polar surface area (TPSA) is 44.8 Å². The van der Waals surface area contributed by atoms with Gasteiger partial charge in [-0.2, -0.15) is 0 Å². The molecule has 0 amide bonds. The zero-order valence-corrected chi connectivity index (χ0v) is 24.0. The summed E-state index contributed by atoms with van der Waals surface area (Å²) in [5.41, 5.74) is 1.44. The average Bonchev–Trinajstić information content (AvgIpc) is 3.36. The third kappa shape index (κ3) is 3.71. The number of hydrogen-bond donors (Lipinski definition) is 0. The summed E-state index contributed by atoms with van der Waals surface area (Å²) in [6, 6.07) is 9.51. The Morgan fingerprint density at radius 2 is 1.68 bits per heavy atom. The lowest BCUT2D eigenvalue weighted by atomic mass is 9.44. The minimum atomic E-state index is -0.314. The van der Waals surface area contributed by atoms with Crippen LogP contribution in [0.15, 0.2) is 30.3 Å². The van der Waals surface area contributed by atoms with E-state index in [-0.39, 0.29) is 17.9 Å². The van der Waals surface area contributed by atoms with Gasteiger partial charge in [0.25, 0.3) is 0 Å². The molecule has 208 valence electrons. The summed E-state index contributed by atoms with van der Waals surface area (Å²) in [4.78, 5) is 12.7. The van der Waals surface area contributed by atoms with Crippen LogP contribution in [0.1, 0.15) is 102 Å². The number of carbonyl (C=O) groups is 1. The van der Waals surface area contributed by atoms with E-state index in [1.165, 1.54) is 44.9 Å². The Hall–Kier alpha value is -1.39. The van der Waals surface area contributed by atoms with Crippen LogP contribution < -0.4 is 0 Å². The molecule has 4 aliphatic carbocycles. The lowest BCUT2D eigenvalue weighted by Crippen LogP contribution is -2.55. The first-order valence-corrected chi connectivity index (χ1v) is 15.8. The third-order valence-electron chi connectivity index (χ3n) is 13.2. The zero-order chi connectivity index (χ0) is 26.3. The van der Waals surface area contributed by atoms with Crippen LogP contribution >= 0.6 is 0 Å². The van der Waals surface area contributed by atoms with Gasteiger partial charge in [0.15, 0.2) is 5.79 Å². The smallest absolute Gasteiger partial charge is 0.338 e. The summed E-state index contributed by atoms with van der Waals surface area (Å²) in [5.74, 6) is 4.41. The van der Waals surface area contributed by atoms with Crippen LogP contribution in [0, 0.1) is 52.3 Å². The van der Waals surface area contributed by atoms with Crippen molar-refractivity contribution in [3.05, 3.63) is 35.9 Å². The van der Waals surface area contributed by atoms with E-state index >= 15 is 0 Å². The van der Waals surface area contributed by atoms with Gasteiger partial charge < -0.3 is 14.2 Å². The number of carbonyl (C=O) groups excluding carboxylic acids is 1. The molecule has 4 heteroatoms. The Kier molecular flexibility index (Phi) is 6.10. The quantitative estimate of drug-likeness (QED) is 0.376. The molecule has 1 spiro atoms. The molecule has 0 bridgehead atoms. The highest BCUT2D eigenvalue weighted by Gasteiger charge is 2.69. The summed E-state index contributed by atoms with van der Waals surface area (Å²) in [6.45, 7) is 10.9. The minimum absolute atomic E-state index is 0.0701. The highest BCUT2D eigenvalue weighted by atomic mass is 16.7. The summed E-state index contributed by atoms with van der Waals surface area (Å²) in [5, 5.41) is 0. The number of ether oxygens (including phenoxy) is 3.